The summed E-state index contributed by atoms with van der Waals surface area (Å²) >= 11 is 0. The predicted octanol–water partition coefficient (Wildman–Crippen LogP) is 2.57. The van der Waals surface area contributed by atoms with Gasteiger partial charge in [-0.1, -0.05) is 6.92 Å². The molecular weight excluding hydrogens is 383 g/mol. The van der Waals surface area contributed by atoms with Crippen LogP contribution in [0, 0.1) is 5.82 Å². The van der Waals surface area contributed by atoms with Crippen LogP contribution in [0.1, 0.15) is 51.9 Å². The van der Waals surface area contributed by atoms with Crippen molar-refractivity contribution in [2.75, 3.05) is 6.54 Å². The number of carbonyl (C=O) groups is 1. The van der Waals surface area contributed by atoms with Crippen molar-refractivity contribution in [2.24, 2.45) is 5.73 Å². The molecule has 8 heteroatoms. The third-order valence-corrected chi connectivity index (χ3v) is 8.41. The number of rotatable bonds is 5. The lowest BCUT2D eigenvalue weighted by atomic mass is 9.88. The van der Waals surface area contributed by atoms with Gasteiger partial charge < -0.3 is 10.8 Å². The van der Waals surface area contributed by atoms with Crippen LogP contribution in [0.4, 0.5) is 4.39 Å². The van der Waals surface area contributed by atoms with Gasteiger partial charge in [0, 0.05) is 24.7 Å². The molecule has 0 radical (unpaired) electrons. The predicted molar refractivity (Wildman–Crippen MR) is 104 cm³/mol. The summed E-state index contributed by atoms with van der Waals surface area (Å²) in [6.45, 7) is 2.43. The molecule has 1 aromatic rings. The Labute approximate surface area is 165 Å². The standard InChI is InChI=1S/C17H22FNO4S.C3H7N/c1-2-13-11-17(16(20)21,9-10-19(13)14-5-6-14)24(22,23)15-7-3-12(18)4-8-15;4-3-1-2-3/h3-4,7-8,13-14H,2,5-6,9-11H2,1H3,(H,20,21);3H,1-2,4H2. The Balaban J connectivity index is 0.000000500. The number of carboxylic acid groups (broad SMARTS) is 1. The second kappa shape index (κ2) is 8.08. The van der Waals surface area contributed by atoms with Crippen LogP contribution < -0.4 is 5.73 Å². The molecule has 3 aliphatic rings. The van der Waals surface area contributed by atoms with E-state index in [2.05, 4.69) is 4.90 Å². The highest BCUT2D eigenvalue weighted by Gasteiger charge is 2.56. The van der Waals surface area contributed by atoms with Crippen molar-refractivity contribution in [2.45, 2.75) is 79.6 Å². The number of carboxylic acids is 1. The molecule has 156 valence electrons. The summed E-state index contributed by atoms with van der Waals surface area (Å²) in [6, 6.07) is 5.42. The first-order valence-electron chi connectivity index (χ1n) is 9.96. The van der Waals surface area contributed by atoms with Gasteiger partial charge in [-0.25, -0.2) is 12.8 Å². The van der Waals surface area contributed by atoms with E-state index in [4.69, 9.17) is 5.73 Å². The van der Waals surface area contributed by atoms with Crippen LogP contribution in [0.25, 0.3) is 0 Å². The summed E-state index contributed by atoms with van der Waals surface area (Å²) in [4.78, 5) is 14.2. The summed E-state index contributed by atoms with van der Waals surface area (Å²) in [5.74, 6) is -1.85. The van der Waals surface area contributed by atoms with E-state index >= 15 is 0 Å². The van der Waals surface area contributed by atoms with Gasteiger partial charge in [0.1, 0.15) is 5.82 Å². The number of aliphatic carboxylic acids is 1. The van der Waals surface area contributed by atoms with Crippen molar-refractivity contribution in [1.82, 2.24) is 4.90 Å². The molecule has 1 heterocycles. The minimum atomic E-state index is -4.10. The third kappa shape index (κ3) is 4.23. The van der Waals surface area contributed by atoms with Gasteiger partial charge in [0.25, 0.3) is 0 Å². The Hall–Kier alpha value is -1.51. The maximum atomic E-state index is 13.1. The molecule has 0 amide bonds. The van der Waals surface area contributed by atoms with Gasteiger partial charge in [-0.3, -0.25) is 9.69 Å². The Morgan fingerprint density at radius 2 is 1.82 bits per heavy atom. The molecule has 28 heavy (non-hydrogen) atoms. The van der Waals surface area contributed by atoms with Crippen LogP contribution in [-0.4, -0.2) is 53.8 Å². The largest absolute Gasteiger partial charge is 0.480 e. The zero-order chi connectivity index (χ0) is 20.5. The molecule has 1 aliphatic heterocycles. The third-order valence-electron chi connectivity index (χ3n) is 5.95. The number of sulfone groups is 1. The molecule has 2 saturated carbocycles. The highest BCUT2D eigenvalue weighted by atomic mass is 32.2. The SMILES string of the molecule is CCC1CC(C(=O)O)(S(=O)(=O)c2ccc(F)cc2)CCN1C1CC1.NC1CC1. The fourth-order valence-corrected chi connectivity index (χ4v) is 5.79. The first kappa shape index (κ1) is 21.2. The van der Waals surface area contributed by atoms with Crippen molar-refractivity contribution in [3.63, 3.8) is 0 Å². The summed E-state index contributed by atoms with van der Waals surface area (Å²) in [6.07, 6.45) is 5.58. The molecule has 6 nitrogen and oxygen atoms in total. The maximum Gasteiger partial charge on any atom is 0.325 e. The number of nitrogens with two attached hydrogens (primary N) is 1. The lowest BCUT2D eigenvalue weighted by Crippen LogP contribution is -2.58. The lowest BCUT2D eigenvalue weighted by Gasteiger charge is -2.44. The molecule has 0 spiro atoms. The van der Waals surface area contributed by atoms with Crippen molar-refractivity contribution in [3.8, 4) is 0 Å². The van der Waals surface area contributed by atoms with Gasteiger partial charge >= 0.3 is 5.97 Å². The minimum Gasteiger partial charge on any atom is -0.480 e. The van der Waals surface area contributed by atoms with Crippen LogP contribution in [0.3, 0.4) is 0 Å². The number of benzene rings is 1. The first-order valence-corrected chi connectivity index (χ1v) is 11.4. The van der Waals surface area contributed by atoms with Crippen molar-refractivity contribution in [3.05, 3.63) is 30.1 Å². The summed E-state index contributed by atoms with van der Waals surface area (Å²) in [7, 11) is -4.10. The van der Waals surface area contributed by atoms with E-state index in [1.807, 2.05) is 6.92 Å². The Morgan fingerprint density at radius 3 is 2.25 bits per heavy atom. The average molecular weight is 413 g/mol. The van der Waals surface area contributed by atoms with Gasteiger partial charge in [-0.2, -0.15) is 0 Å². The molecule has 2 aliphatic carbocycles. The fraction of sp³-hybridized carbons (Fsp3) is 0.650. The number of nitrogens with zero attached hydrogens (tertiary/aromatic N) is 1. The number of hydrogen-bond donors (Lipinski definition) is 2. The van der Waals surface area contributed by atoms with Gasteiger partial charge in [0.05, 0.1) is 4.90 Å². The van der Waals surface area contributed by atoms with E-state index in [9.17, 15) is 22.7 Å². The van der Waals surface area contributed by atoms with Gasteiger partial charge in [-0.05, 0) is 69.2 Å². The lowest BCUT2D eigenvalue weighted by molar-refractivity contribution is -0.142. The zero-order valence-corrected chi connectivity index (χ0v) is 17.0. The van der Waals surface area contributed by atoms with E-state index in [0.29, 0.717) is 25.0 Å². The van der Waals surface area contributed by atoms with Crippen LogP contribution >= 0.6 is 0 Å². The minimum absolute atomic E-state index is 0.0578. The number of halogens is 1. The molecule has 1 aromatic carbocycles. The quantitative estimate of drug-likeness (QED) is 0.721. The van der Waals surface area contributed by atoms with Crippen molar-refractivity contribution >= 4 is 15.8 Å². The average Bonchev–Trinajstić information content (AvgIpc) is 3.58. The second-order valence-corrected chi connectivity index (χ2v) is 10.3. The molecule has 1 saturated heterocycles. The van der Waals surface area contributed by atoms with E-state index in [1.54, 1.807) is 0 Å². The summed E-state index contributed by atoms with van der Waals surface area (Å²) in [5.41, 5.74) is 5.22. The molecule has 0 bridgehead atoms. The number of piperidine rings is 1. The molecule has 0 aromatic heterocycles. The molecule has 3 N–H and O–H groups in total. The smallest absolute Gasteiger partial charge is 0.325 e. The Bertz CT molecular complexity index is 806. The highest BCUT2D eigenvalue weighted by molar-refractivity contribution is 7.93. The summed E-state index contributed by atoms with van der Waals surface area (Å²) in [5, 5.41) is 9.82. The van der Waals surface area contributed by atoms with Crippen LogP contribution in [0.15, 0.2) is 29.2 Å². The summed E-state index contributed by atoms with van der Waals surface area (Å²) < 4.78 is 37.5. The maximum absolute atomic E-state index is 13.1. The Kier molecular flexibility index (Phi) is 6.12. The fourth-order valence-electron chi connectivity index (χ4n) is 3.85. The zero-order valence-electron chi connectivity index (χ0n) is 16.2. The van der Waals surface area contributed by atoms with Crippen LogP contribution in [-0.2, 0) is 14.6 Å². The molecule has 2 unspecified atom stereocenters. The van der Waals surface area contributed by atoms with Gasteiger partial charge in [0.2, 0.25) is 0 Å². The van der Waals surface area contributed by atoms with E-state index in [-0.39, 0.29) is 23.8 Å². The van der Waals surface area contributed by atoms with E-state index in [0.717, 1.165) is 37.1 Å². The van der Waals surface area contributed by atoms with Crippen molar-refractivity contribution in [1.29, 1.82) is 0 Å². The first-order chi connectivity index (χ1) is 13.2. The topological polar surface area (TPSA) is 101 Å². The normalized spacial score (nSPS) is 28.3. The second-order valence-electron chi connectivity index (χ2n) is 8.08. The molecule has 4 rings (SSSR count). The highest BCUT2D eigenvalue weighted by Crippen LogP contribution is 2.42. The Morgan fingerprint density at radius 1 is 1.25 bits per heavy atom. The van der Waals surface area contributed by atoms with E-state index in [1.165, 1.54) is 12.8 Å². The number of hydrogen-bond acceptors (Lipinski definition) is 5. The monoisotopic (exact) mass is 412 g/mol. The van der Waals surface area contributed by atoms with Crippen LogP contribution in [0.2, 0.25) is 0 Å². The van der Waals surface area contributed by atoms with Crippen molar-refractivity contribution < 1.29 is 22.7 Å². The van der Waals surface area contributed by atoms with E-state index < -0.39 is 26.4 Å². The molecule has 3 fully saturated rings. The van der Waals surface area contributed by atoms with Gasteiger partial charge in [0.15, 0.2) is 14.6 Å². The number of likely N-dealkylation sites (tertiary alicyclic amines) is 1. The molecule has 2 atom stereocenters. The van der Waals surface area contributed by atoms with Gasteiger partial charge in [-0.15, -0.1) is 0 Å². The molecular formula is C20H29FN2O4S. The van der Waals surface area contributed by atoms with Crippen LogP contribution in [0.5, 0.6) is 0 Å².